The van der Waals surface area contributed by atoms with Gasteiger partial charge >= 0.3 is 0 Å². The first-order valence-electron chi connectivity index (χ1n) is 8.84. The average molecular weight is 282 g/mol. The van der Waals surface area contributed by atoms with Crippen molar-refractivity contribution < 1.29 is 5.11 Å². The number of hydrogen-bond donors (Lipinski definition) is 2. The van der Waals surface area contributed by atoms with E-state index in [-0.39, 0.29) is 6.10 Å². The minimum atomic E-state index is -0.114. The maximum Gasteiger partial charge on any atom is 0.0693 e. The lowest BCUT2D eigenvalue weighted by molar-refractivity contribution is 0.0197. The molecule has 118 valence electrons. The highest BCUT2D eigenvalue weighted by Gasteiger charge is 2.29. The summed E-state index contributed by atoms with van der Waals surface area (Å²) in [5.74, 6) is 1.26. The lowest BCUT2D eigenvalue weighted by Gasteiger charge is -2.38. The predicted molar refractivity (Wildman–Crippen MR) is 84.9 cm³/mol. The molecule has 1 saturated heterocycles. The number of likely N-dealkylation sites (tertiary alicyclic amines) is 1. The van der Waals surface area contributed by atoms with Crippen molar-refractivity contribution in [3.8, 4) is 0 Å². The van der Waals surface area contributed by atoms with Crippen molar-refractivity contribution >= 4 is 0 Å². The van der Waals surface area contributed by atoms with Gasteiger partial charge < -0.3 is 15.3 Å². The molecule has 1 aliphatic carbocycles. The van der Waals surface area contributed by atoms with Crippen LogP contribution in [-0.4, -0.2) is 48.3 Å². The Bertz CT molecular complexity index is 272. The highest BCUT2D eigenvalue weighted by Crippen LogP contribution is 2.26. The third-order valence-corrected chi connectivity index (χ3v) is 5.31. The van der Waals surface area contributed by atoms with E-state index < -0.39 is 0 Å². The molecule has 1 aliphatic heterocycles. The normalized spacial score (nSPS) is 36.8. The summed E-state index contributed by atoms with van der Waals surface area (Å²) < 4.78 is 0. The van der Waals surface area contributed by atoms with E-state index in [1.54, 1.807) is 0 Å². The molecule has 0 aromatic heterocycles. The molecule has 3 nitrogen and oxygen atoms in total. The molecular formula is C17H34N2O. The summed E-state index contributed by atoms with van der Waals surface area (Å²) in [5, 5.41) is 13.9. The lowest BCUT2D eigenvalue weighted by Crippen LogP contribution is -2.48. The van der Waals surface area contributed by atoms with Gasteiger partial charge in [-0.15, -0.1) is 0 Å². The quantitative estimate of drug-likeness (QED) is 0.761. The van der Waals surface area contributed by atoms with Gasteiger partial charge in [0.1, 0.15) is 0 Å². The van der Waals surface area contributed by atoms with Crippen LogP contribution in [0.5, 0.6) is 0 Å². The molecule has 0 aromatic rings. The molecule has 3 heteroatoms. The molecule has 20 heavy (non-hydrogen) atoms. The Morgan fingerprint density at radius 2 is 1.95 bits per heavy atom. The number of hydrogen-bond acceptors (Lipinski definition) is 3. The van der Waals surface area contributed by atoms with Gasteiger partial charge in [-0.25, -0.2) is 0 Å². The Morgan fingerprint density at radius 1 is 1.15 bits per heavy atom. The van der Waals surface area contributed by atoms with Crippen LogP contribution in [0.15, 0.2) is 0 Å². The molecule has 2 rings (SSSR count). The molecule has 0 bridgehead atoms. The Morgan fingerprint density at radius 3 is 2.70 bits per heavy atom. The standard InChI is InChI=1S/C17H34N2O/c1-3-10-18-16-8-6-4-5-7-15(16)12-19-11-9-14(2)17(20)13-19/h14-18,20H,3-13H2,1-2H3. The van der Waals surface area contributed by atoms with Crippen LogP contribution >= 0.6 is 0 Å². The molecule has 1 saturated carbocycles. The van der Waals surface area contributed by atoms with E-state index in [2.05, 4.69) is 24.1 Å². The Labute approximate surface area is 125 Å². The first-order chi connectivity index (χ1) is 9.70. The maximum absolute atomic E-state index is 10.1. The minimum Gasteiger partial charge on any atom is -0.392 e. The van der Waals surface area contributed by atoms with Gasteiger partial charge in [0, 0.05) is 19.1 Å². The smallest absolute Gasteiger partial charge is 0.0693 e. The van der Waals surface area contributed by atoms with E-state index in [4.69, 9.17) is 0 Å². The fourth-order valence-corrected chi connectivity index (χ4v) is 3.81. The van der Waals surface area contributed by atoms with Crippen LogP contribution in [-0.2, 0) is 0 Å². The zero-order chi connectivity index (χ0) is 14.4. The van der Waals surface area contributed by atoms with Gasteiger partial charge in [0.15, 0.2) is 0 Å². The average Bonchev–Trinajstić information content (AvgIpc) is 2.66. The summed E-state index contributed by atoms with van der Waals surface area (Å²) in [7, 11) is 0. The van der Waals surface area contributed by atoms with Crippen LogP contribution in [0.25, 0.3) is 0 Å². The summed E-state index contributed by atoms with van der Waals surface area (Å²) in [6, 6.07) is 0.703. The number of nitrogens with one attached hydrogen (secondary N) is 1. The lowest BCUT2D eigenvalue weighted by atomic mass is 9.91. The first kappa shape index (κ1) is 16.3. The number of nitrogens with zero attached hydrogens (tertiary/aromatic N) is 1. The maximum atomic E-state index is 10.1. The number of rotatable bonds is 5. The molecule has 4 unspecified atom stereocenters. The van der Waals surface area contributed by atoms with Crippen molar-refractivity contribution in [3.63, 3.8) is 0 Å². The first-order valence-corrected chi connectivity index (χ1v) is 8.84. The second-order valence-electron chi connectivity index (χ2n) is 7.05. The van der Waals surface area contributed by atoms with Gasteiger partial charge in [0.25, 0.3) is 0 Å². The molecule has 2 fully saturated rings. The molecule has 4 atom stereocenters. The van der Waals surface area contributed by atoms with E-state index in [0.717, 1.165) is 25.4 Å². The van der Waals surface area contributed by atoms with Crippen LogP contribution in [0.4, 0.5) is 0 Å². The fraction of sp³-hybridized carbons (Fsp3) is 1.00. The molecule has 2 N–H and O–H groups in total. The number of aliphatic hydroxyl groups excluding tert-OH is 1. The molecule has 1 heterocycles. The van der Waals surface area contributed by atoms with Crippen LogP contribution in [0.3, 0.4) is 0 Å². The van der Waals surface area contributed by atoms with Crippen molar-refractivity contribution in [2.45, 2.75) is 70.9 Å². The van der Waals surface area contributed by atoms with Gasteiger partial charge in [-0.05, 0) is 50.6 Å². The molecule has 0 aromatic carbocycles. The second kappa shape index (κ2) is 8.35. The van der Waals surface area contributed by atoms with Gasteiger partial charge in [-0.3, -0.25) is 0 Å². The van der Waals surface area contributed by atoms with Gasteiger partial charge in [-0.1, -0.05) is 33.1 Å². The summed E-state index contributed by atoms with van der Waals surface area (Å²) in [6.07, 6.45) is 9.15. The molecule has 0 amide bonds. The SMILES string of the molecule is CCCNC1CCCCCC1CN1CCC(C)C(O)C1. The molecular weight excluding hydrogens is 248 g/mol. The summed E-state index contributed by atoms with van der Waals surface area (Å²) in [6.45, 7) is 8.83. The monoisotopic (exact) mass is 282 g/mol. The third kappa shape index (κ3) is 4.71. The van der Waals surface area contributed by atoms with Crippen LogP contribution in [0.2, 0.25) is 0 Å². The third-order valence-electron chi connectivity index (χ3n) is 5.31. The molecule has 0 radical (unpaired) electrons. The van der Waals surface area contributed by atoms with E-state index in [1.165, 1.54) is 51.6 Å². The van der Waals surface area contributed by atoms with Gasteiger partial charge in [0.05, 0.1) is 6.10 Å². The molecule has 2 aliphatic rings. The van der Waals surface area contributed by atoms with E-state index >= 15 is 0 Å². The largest absolute Gasteiger partial charge is 0.392 e. The van der Waals surface area contributed by atoms with Crippen molar-refractivity contribution in [2.24, 2.45) is 11.8 Å². The Kier molecular flexibility index (Phi) is 6.79. The topological polar surface area (TPSA) is 35.5 Å². The van der Waals surface area contributed by atoms with Gasteiger partial charge in [0.2, 0.25) is 0 Å². The summed E-state index contributed by atoms with van der Waals surface area (Å²) in [4.78, 5) is 2.52. The zero-order valence-corrected chi connectivity index (χ0v) is 13.5. The van der Waals surface area contributed by atoms with Crippen molar-refractivity contribution in [3.05, 3.63) is 0 Å². The highest BCUT2D eigenvalue weighted by atomic mass is 16.3. The second-order valence-corrected chi connectivity index (χ2v) is 7.05. The summed E-state index contributed by atoms with van der Waals surface area (Å²) >= 11 is 0. The predicted octanol–water partition coefficient (Wildman–Crippen LogP) is 2.64. The van der Waals surface area contributed by atoms with Gasteiger partial charge in [-0.2, -0.15) is 0 Å². The number of piperidine rings is 1. The highest BCUT2D eigenvalue weighted by molar-refractivity contribution is 4.85. The fourth-order valence-electron chi connectivity index (χ4n) is 3.81. The molecule has 0 spiro atoms. The van der Waals surface area contributed by atoms with Crippen molar-refractivity contribution in [1.29, 1.82) is 0 Å². The zero-order valence-electron chi connectivity index (χ0n) is 13.5. The Hall–Kier alpha value is -0.120. The number of β-amino-alcohol motifs (C(OH)–C–C–N with tert-alkyl or cyclic N) is 1. The van der Waals surface area contributed by atoms with E-state index in [0.29, 0.717) is 12.0 Å². The summed E-state index contributed by atoms with van der Waals surface area (Å²) in [5.41, 5.74) is 0. The Balaban J connectivity index is 1.86. The minimum absolute atomic E-state index is 0.114. The number of aliphatic hydroxyl groups is 1. The van der Waals surface area contributed by atoms with Crippen LogP contribution in [0.1, 0.15) is 58.8 Å². The van der Waals surface area contributed by atoms with Crippen molar-refractivity contribution in [2.75, 3.05) is 26.2 Å². The van der Waals surface area contributed by atoms with Crippen LogP contribution < -0.4 is 5.32 Å². The van der Waals surface area contributed by atoms with E-state index in [1.807, 2.05) is 0 Å². The van der Waals surface area contributed by atoms with Crippen LogP contribution in [0, 0.1) is 11.8 Å². The van der Waals surface area contributed by atoms with E-state index in [9.17, 15) is 5.11 Å². The van der Waals surface area contributed by atoms with Crippen molar-refractivity contribution in [1.82, 2.24) is 10.2 Å².